The second-order valence-corrected chi connectivity index (χ2v) is 6.77. The van der Waals surface area contributed by atoms with Crippen molar-refractivity contribution in [3.63, 3.8) is 0 Å². The van der Waals surface area contributed by atoms with Gasteiger partial charge in [0, 0.05) is 37.9 Å². The highest BCUT2D eigenvalue weighted by atomic mass is 16.5. The van der Waals surface area contributed by atoms with Crippen molar-refractivity contribution in [2.75, 3.05) is 48.4 Å². The highest BCUT2D eigenvalue weighted by Gasteiger charge is 2.21. The van der Waals surface area contributed by atoms with Gasteiger partial charge in [0.2, 0.25) is 5.95 Å². The minimum atomic E-state index is 0.602. The molecule has 1 N–H and O–H groups in total. The Morgan fingerprint density at radius 1 is 1.04 bits per heavy atom. The first kappa shape index (κ1) is 18.2. The SMILES string of the molecule is COc1ccccc1N1CCN(c2nc(C)cc(NCc3ccco3)n2)CC1. The molecule has 3 heterocycles. The number of benzene rings is 1. The summed E-state index contributed by atoms with van der Waals surface area (Å²) >= 11 is 0. The van der Waals surface area contributed by atoms with Gasteiger partial charge in [-0.2, -0.15) is 4.98 Å². The summed E-state index contributed by atoms with van der Waals surface area (Å²) in [6.45, 7) is 6.11. The van der Waals surface area contributed by atoms with E-state index in [1.807, 2.05) is 43.3 Å². The van der Waals surface area contributed by atoms with Crippen LogP contribution < -0.4 is 19.9 Å². The van der Waals surface area contributed by atoms with Crippen LogP contribution >= 0.6 is 0 Å². The number of para-hydroxylation sites is 2. The first-order valence-corrected chi connectivity index (χ1v) is 9.48. The van der Waals surface area contributed by atoms with Crippen LogP contribution in [0.5, 0.6) is 5.75 Å². The molecule has 0 unspecified atom stereocenters. The van der Waals surface area contributed by atoms with E-state index in [1.165, 1.54) is 0 Å². The van der Waals surface area contributed by atoms with Crippen molar-refractivity contribution in [2.45, 2.75) is 13.5 Å². The molecule has 2 aromatic heterocycles. The molecule has 146 valence electrons. The Hall–Kier alpha value is -3.22. The number of nitrogens with zero attached hydrogens (tertiary/aromatic N) is 4. The zero-order chi connectivity index (χ0) is 19.3. The van der Waals surface area contributed by atoms with Crippen LogP contribution in [0.3, 0.4) is 0 Å². The molecule has 4 rings (SSSR count). The fourth-order valence-corrected chi connectivity index (χ4v) is 3.41. The average molecular weight is 379 g/mol. The van der Waals surface area contributed by atoms with Crippen LogP contribution in [0.2, 0.25) is 0 Å². The van der Waals surface area contributed by atoms with Crippen molar-refractivity contribution in [3.8, 4) is 5.75 Å². The van der Waals surface area contributed by atoms with Crippen LogP contribution in [0.15, 0.2) is 53.1 Å². The van der Waals surface area contributed by atoms with Gasteiger partial charge in [-0.3, -0.25) is 0 Å². The molecule has 0 amide bonds. The van der Waals surface area contributed by atoms with E-state index in [0.717, 1.165) is 60.8 Å². The van der Waals surface area contributed by atoms with Gasteiger partial charge in [0.1, 0.15) is 17.3 Å². The molecule has 0 aliphatic carbocycles. The Balaban J connectivity index is 1.42. The summed E-state index contributed by atoms with van der Waals surface area (Å²) in [5, 5.41) is 3.32. The number of aryl methyl sites for hydroxylation is 1. The third-order valence-corrected chi connectivity index (χ3v) is 4.85. The summed E-state index contributed by atoms with van der Waals surface area (Å²) in [7, 11) is 1.72. The van der Waals surface area contributed by atoms with Crippen molar-refractivity contribution < 1.29 is 9.15 Å². The number of ether oxygens (including phenoxy) is 1. The van der Waals surface area contributed by atoms with Crippen LogP contribution in [-0.4, -0.2) is 43.3 Å². The largest absolute Gasteiger partial charge is 0.495 e. The quantitative estimate of drug-likeness (QED) is 0.705. The van der Waals surface area contributed by atoms with Gasteiger partial charge in [0.15, 0.2) is 0 Å². The van der Waals surface area contributed by atoms with E-state index in [9.17, 15) is 0 Å². The minimum absolute atomic E-state index is 0.602. The van der Waals surface area contributed by atoms with Gasteiger partial charge in [0.25, 0.3) is 0 Å². The summed E-state index contributed by atoms with van der Waals surface area (Å²) in [6.07, 6.45) is 1.68. The first-order chi connectivity index (χ1) is 13.7. The lowest BCUT2D eigenvalue weighted by Gasteiger charge is -2.36. The first-order valence-electron chi connectivity index (χ1n) is 9.48. The van der Waals surface area contributed by atoms with E-state index in [-0.39, 0.29) is 0 Å². The summed E-state index contributed by atoms with van der Waals surface area (Å²) in [4.78, 5) is 13.9. The molecule has 3 aromatic rings. The van der Waals surface area contributed by atoms with E-state index in [4.69, 9.17) is 14.1 Å². The summed E-state index contributed by atoms with van der Waals surface area (Å²) < 4.78 is 10.9. The topological polar surface area (TPSA) is 66.7 Å². The van der Waals surface area contributed by atoms with Gasteiger partial charge in [0.05, 0.1) is 25.6 Å². The van der Waals surface area contributed by atoms with Crippen LogP contribution in [0.4, 0.5) is 17.5 Å². The molecule has 0 radical (unpaired) electrons. The zero-order valence-electron chi connectivity index (χ0n) is 16.3. The number of rotatable bonds is 6. The number of nitrogens with one attached hydrogen (secondary N) is 1. The molecule has 0 atom stereocenters. The molecule has 1 aliphatic heterocycles. The van der Waals surface area contributed by atoms with Crippen molar-refractivity contribution in [2.24, 2.45) is 0 Å². The van der Waals surface area contributed by atoms with E-state index >= 15 is 0 Å². The van der Waals surface area contributed by atoms with Crippen molar-refractivity contribution in [1.29, 1.82) is 0 Å². The van der Waals surface area contributed by atoms with Gasteiger partial charge in [-0.25, -0.2) is 4.98 Å². The number of methoxy groups -OCH3 is 1. The summed E-state index contributed by atoms with van der Waals surface area (Å²) in [6, 6.07) is 13.9. The van der Waals surface area contributed by atoms with E-state index in [2.05, 4.69) is 26.2 Å². The molecule has 0 saturated carbocycles. The Morgan fingerprint density at radius 2 is 1.82 bits per heavy atom. The van der Waals surface area contributed by atoms with E-state index in [0.29, 0.717) is 6.54 Å². The van der Waals surface area contributed by atoms with E-state index < -0.39 is 0 Å². The molecule has 1 fully saturated rings. The fourth-order valence-electron chi connectivity index (χ4n) is 3.41. The lowest BCUT2D eigenvalue weighted by Crippen LogP contribution is -2.47. The monoisotopic (exact) mass is 379 g/mol. The number of anilines is 3. The van der Waals surface area contributed by atoms with Crippen LogP contribution in [-0.2, 0) is 6.54 Å². The number of aromatic nitrogens is 2. The molecule has 0 spiro atoms. The molecule has 1 saturated heterocycles. The molecule has 1 aromatic carbocycles. The van der Waals surface area contributed by atoms with Crippen LogP contribution in [0.1, 0.15) is 11.5 Å². The normalized spacial score (nSPS) is 14.2. The molecule has 0 bridgehead atoms. The molecule has 28 heavy (non-hydrogen) atoms. The second-order valence-electron chi connectivity index (χ2n) is 6.77. The number of piperazine rings is 1. The van der Waals surface area contributed by atoms with Crippen molar-refractivity contribution >= 4 is 17.5 Å². The maximum absolute atomic E-state index is 5.50. The predicted octanol–water partition coefficient (Wildman–Crippen LogP) is 3.33. The van der Waals surface area contributed by atoms with Crippen LogP contribution in [0.25, 0.3) is 0 Å². The lowest BCUT2D eigenvalue weighted by atomic mass is 10.2. The van der Waals surface area contributed by atoms with Gasteiger partial charge in [-0.1, -0.05) is 12.1 Å². The van der Waals surface area contributed by atoms with Gasteiger partial charge >= 0.3 is 0 Å². The second kappa shape index (κ2) is 8.21. The Bertz CT molecular complexity index is 905. The predicted molar refractivity (Wildman–Crippen MR) is 110 cm³/mol. The summed E-state index contributed by atoms with van der Waals surface area (Å²) in [5.74, 6) is 3.36. The van der Waals surface area contributed by atoms with Crippen LogP contribution in [0, 0.1) is 6.92 Å². The highest BCUT2D eigenvalue weighted by molar-refractivity contribution is 5.59. The molecule has 7 heteroatoms. The summed E-state index contributed by atoms with van der Waals surface area (Å²) in [5.41, 5.74) is 2.08. The van der Waals surface area contributed by atoms with Gasteiger partial charge in [-0.05, 0) is 31.2 Å². The fraction of sp³-hybridized carbons (Fsp3) is 0.333. The van der Waals surface area contributed by atoms with Crippen molar-refractivity contribution in [3.05, 3.63) is 60.2 Å². The highest BCUT2D eigenvalue weighted by Crippen LogP contribution is 2.29. The molecule has 1 aliphatic rings. The Morgan fingerprint density at radius 3 is 2.57 bits per heavy atom. The smallest absolute Gasteiger partial charge is 0.227 e. The maximum Gasteiger partial charge on any atom is 0.227 e. The molecule has 7 nitrogen and oxygen atoms in total. The zero-order valence-corrected chi connectivity index (χ0v) is 16.3. The van der Waals surface area contributed by atoms with E-state index in [1.54, 1.807) is 13.4 Å². The molecular formula is C21H25N5O2. The third kappa shape index (κ3) is 4.03. The third-order valence-electron chi connectivity index (χ3n) is 4.85. The van der Waals surface area contributed by atoms with Gasteiger partial charge in [-0.15, -0.1) is 0 Å². The standard InChI is InChI=1S/C21H25N5O2/c1-16-14-20(22-15-17-6-5-13-28-17)24-21(23-16)26-11-9-25(10-12-26)18-7-3-4-8-19(18)27-2/h3-8,13-14H,9-12,15H2,1-2H3,(H,22,23,24). The average Bonchev–Trinajstić information content (AvgIpc) is 3.26. The van der Waals surface area contributed by atoms with Crippen molar-refractivity contribution in [1.82, 2.24) is 9.97 Å². The molecular weight excluding hydrogens is 354 g/mol. The Kier molecular flexibility index (Phi) is 5.32. The Labute approximate surface area is 165 Å². The maximum atomic E-state index is 5.50. The minimum Gasteiger partial charge on any atom is -0.495 e. The van der Waals surface area contributed by atoms with Gasteiger partial charge < -0.3 is 24.3 Å². The number of hydrogen-bond donors (Lipinski definition) is 1. The number of furan rings is 1. The number of hydrogen-bond acceptors (Lipinski definition) is 7. The lowest BCUT2D eigenvalue weighted by molar-refractivity contribution is 0.413.